The standard InChI is InChI=1S/C15H10FN5O6/c1-27-15(24)9-6-8(2-3-10(9)16)20-18-14(17-19-20)7-4-11(21(25)26)13(23)12(22)5-7/h2-6,22-23H,1H3. The van der Waals surface area contributed by atoms with Crippen LogP contribution in [0.15, 0.2) is 30.3 Å². The van der Waals surface area contributed by atoms with Crippen LogP contribution in [0.25, 0.3) is 17.1 Å². The molecule has 1 heterocycles. The summed E-state index contributed by atoms with van der Waals surface area (Å²) in [5.74, 6) is -3.43. The lowest BCUT2D eigenvalue weighted by atomic mass is 10.1. The number of carbonyl (C=O) groups excluding carboxylic acids is 1. The molecule has 11 nitrogen and oxygen atoms in total. The zero-order valence-corrected chi connectivity index (χ0v) is 13.5. The number of phenolic OH excluding ortho intramolecular Hbond substituents is 2. The third kappa shape index (κ3) is 3.22. The molecule has 0 bridgehead atoms. The van der Waals surface area contributed by atoms with Gasteiger partial charge in [0.1, 0.15) is 5.82 Å². The Morgan fingerprint density at radius 1 is 1.30 bits per heavy atom. The molecule has 12 heteroatoms. The summed E-state index contributed by atoms with van der Waals surface area (Å²) in [5.41, 5.74) is -0.894. The molecular formula is C15H10FN5O6. The number of hydrogen-bond acceptors (Lipinski definition) is 9. The van der Waals surface area contributed by atoms with Crippen molar-refractivity contribution in [3.05, 3.63) is 51.8 Å². The van der Waals surface area contributed by atoms with E-state index in [9.17, 15) is 29.5 Å². The fourth-order valence-electron chi connectivity index (χ4n) is 2.22. The number of methoxy groups -OCH3 is 1. The quantitative estimate of drug-likeness (QED) is 0.299. The van der Waals surface area contributed by atoms with Crippen LogP contribution < -0.4 is 0 Å². The Morgan fingerprint density at radius 3 is 2.70 bits per heavy atom. The summed E-state index contributed by atoms with van der Waals surface area (Å²) >= 11 is 0. The minimum absolute atomic E-state index is 0.0125. The van der Waals surface area contributed by atoms with Crippen LogP contribution >= 0.6 is 0 Å². The summed E-state index contributed by atoms with van der Waals surface area (Å²) in [6.45, 7) is 0. The number of benzene rings is 2. The zero-order valence-electron chi connectivity index (χ0n) is 13.5. The van der Waals surface area contributed by atoms with Gasteiger partial charge in [-0.2, -0.15) is 0 Å². The van der Waals surface area contributed by atoms with E-state index in [-0.39, 0.29) is 22.6 Å². The van der Waals surface area contributed by atoms with Crippen LogP contribution in [-0.2, 0) is 4.74 Å². The number of aromatic nitrogens is 4. The predicted molar refractivity (Wildman–Crippen MR) is 85.9 cm³/mol. The van der Waals surface area contributed by atoms with Crippen molar-refractivity contribution in [1.82, 2.24) is 20.2 Å². The summed E-state index contributed by atoms with van der Waals surface area (Å²) in [5, 5.41) is 41.5. The van der Waals surface area contributed by atoms with Crippen molar-refractivity contribution in [2.75, 3.05) is 7.11 Å². The molecule has 0 unspecified atom stereocenters. The molecule has 0 aliphatic carbocycles. The first-order chi connectivity index (χ1) is 12.8. The lowest BCUT2D eigenvalue weighted by molar-refractivity contribution is -0.385. The summed E-state index contributed by atoms with van der Waals surface area (Å²) in [6.07, 6.45) is 0. The first kappa shape index (κ1) is 17.7. The van der Waals surface area contributed by atoms with Crippen molar-refractivity contribution in [3.8, 4) is 28.6 Å². The van der Waals surface area contributed by atoms with Gasteiger partial charge in [0, 0.05) is 11.6 Å². The van der Waals surface area contributed by atoms with Gasteiger partial charge in [-0.25, -0.2) is 9.18 Å². The molecule has 0 fully saturated rings. The number of nitro benzene ring substituents is 1. The zero-order chi connectivity index (χ0) is 19.7. The van der Waals surface area contributed by atoms with Gasteiger partial charge in [0.05, 0.1) is 23.3 Å². The molecule has 0 aliphatic rings. The Kier molecular flexibility index (Phi) is 4.38. The smallest absolute Gasteiger partial charge is 0.340 e. The number of aromatic hydroxyl groups is 2. The second-order valence-corrected chi connectivity index (χ2v) is 5.18. The topological polar surface area (TPSA) is 154 Å². The molecule has 3 aromatic rings. The average Bonchev–Trinajstić information content (AvgIpc) is 3.13. The molecule has 27 heavy (non-hydrogen) atoms. The Labute approximate surface area is 149 Å². The van der Waals surface area contributed by atoms with E-state index in [1.807, 2.05) is 0 Å². The molecular weight excluding hydrogens is 365 g/mol. The molecule has 0 saturated heterocycles. The van der Waals surface area contributed by atoms with E-state index in [2.05, 4.69) is 20.1 Å². The van der Waals surface area contributed by atoms with Gasteiger partial charge in [-0.15, -0.1) is 15.0 Å². The third-order valence-corrected chi connectivity index (χ3v) is 3.52. The van der Waals surface area contributed by atoms with Crippen LogP contribution in [0.4, 0.5) is 10.1 Å². The first-order valence-electron chi connectivity index (χ1n) is 7.21. The highest BCUT2D eigenvalue weighted by atomic mass is 19.1. The van der Waals surface area contributed by atoms with E-state index in [0.717, 1.165) is 36.2 Å². The maximum absolute atomic E-state index is 13.7. The largest absolute Gasteiger partial charge is 0.504 e. The number of ether oxygens (including phenoxy) is 1. The van der Waals surface area contributed by atoms with Crippen molar-refractivity contribution >= 4 is 11.7 Å². The van der Waals surface area contributed by atoms with Gasteiger partial charge in [0.15, 0.2) is 5.75 Å². The van der Waals surface area contributed by atoms with Crippen LogP contribution in [0.1, 0.15) is 10.4 Å². The molecule has 3 rings (SSSR count). The van der Waals surface area contributed by atoms with Gasteiger partial charge in [-0.05, 0) is 29.5 Å². The van der Waals surface area contributed by atoms with E-state index in [1.165, 1.54) is 6.07 Å². The summed E-state index contributed by atoms with van der Waals surface area (Å²) < 4.78 is 18.2. The van der Waals surface area contributed by atoms with E-state index < -0.39 is 33.9 Å². The minimum Gasteiger partial charge on any atom is -0.504 e. The predicted octanol–water partition coefficient (Wildman–Crippen LogP) is 1.57. The van der Waals surface area contributed by atoms with E-state index in [0.29, 0.717) is 0 Å². The molecule has 0 radical (unpaired) electrons. The molecule has 2 N–H and O–H groups in total. The summed E-state index contributed by atoms with van der Waals surface area (Å²) in [7, 11) is 1.10. The van der Waals surface area contributed by atoms with Crippen molar-refractivity contribution in [1.29, 1.82) is 0 Å². The normalized spacial score (nSPS) is 10.6. The number of phenols is 2. The molecule has 0 spiro atoms. The summed E-state index contributed by atoms with van der Waals surface area (Å²) in [6, 6.07) is 5.42. The first-order valence-corrected chi connectivity index (χ1v) is 7.21. The number of halogens is 1. The van der Waals surface area contributed by atoms with Gasteiger partial charge in [-0.1, -0.05) is 0 Å². The molecule has 0 saturated carbocycles. The van der Waals surface area contributed by atoms with Gasteiger partial charge in [0.25, 0.3) is 0 Å². The number of nitrogens with zero attached hydrogens (tertiary/aromatic N) is 5. The Hall–Kier alpha value is -4.09. The van der Waals surface area contributed by atoms with Gasteiger partial charge in [-0.3, -0.25) is 10.1 Å². The minimum atomic E-state index is -0.895. The van der Waals surface area contributed by atoms with Crippen LogP contribution in [0.2, 0.25) is 0 Å². The number of rotatable bonds is 4. The number of carbonyl (C=O) groups is 1. The average molecular weight is 375 g/mol. The molecule has 1 aromatic heterocycles. The fourth-order valence-corrected chi connectivity index (χ4v) is 2.22. The van der Waals surface area contributed by atoms with Crippen LogP contribution in [0.5, 0.6) is 11.5 Å². The number of esters is 1. The Balaban J connectivity index is 2.04. The molecule has 138 valence electrons. The second-order valence-electron chi connectivity index (χ2n) is 5.18. The molecule has 0 atom stereocenters. The summed E-state index contributed by atoms with van der Waals surface area (Å²) in [4.78, 5) is 22.6. The Bertz CT molecular complexity index is 1070. The van der Waals surface area contributed by atoms with Crippen molar-refractivity contribution in [3.63, 3.8) is 0 Å². The lowest BCUT2D eigenvalue weighted by Crippen LogP contribution is -2.07. The van der Waals surface area contributed by atoms with Crippen LogP contribution in [0.3, 0.4) is 0 Å². The maximum Gasteiger partial charge on any atom is 0.340 e. The van der Waals surface area contributed by atoms with E-state index in [4.69, 9.17) is 0 Å². The number of hydrogen-bond donors (Lipinski definition) is 2. The van der Waals surface area contributed by atoms with E-state index >= 15 is 0 Å². The monoisotopic (exact) mass is 375 g/mol. The Morgan fingerprint density at radius 2 is 2.04 bits per heavy atom. The van der Waals surface area contributed by atoms with Crippen molar-refractivity contribution in [2.24, 2.45) is 0 Å². The highest BCUT2D eigenvalue weighted by Gasteiger charge is 2.22. The van der Waals surface area contributed by atoms with E-state index in [1.54, 1.807) is 0 Å². The highest BCUT2D eigenvalue weighted by molar-refractivity contribution is 5.90. The van der Waals surface area contributed by atoms with Gasteiger partial charge < -0.3 is 14.9 Å². The number of nitro groups is 1. The van der Waals surface area contributed by atoms with Gasteiger partial charge >= 0.3 is 11.7 Å². The molecule has 0 aliphatic heterocycles. The van der Waals surface area contributed by atoms with Crippen molar-refractivity contribution < 1.29 is 29.1 Å². The maximum atomic E-state index is 13.7. The van der Waals surface area contributed by atoms with Gasteiger partial charge in [0.2, 0.25) is 11.6 Å². The second kappa shape index (κ2) is 6.67. The third-order valence-electron chi connectivity index (χ3n) is 3.52. The molecule has 0 amide bonds. The number of tetrazole rings is 1. The van der Waals surface area contributed by atoms with Crippen molar-refractivity contribution in [2.45, 2.75) is 0 Å². The van der Waals surface area contributed by atoms with Crippen LogP contribution in [0, 0.1) is 15.9 Å². The highest BCUT2D eigenvalue weighted by Crippen LogP contribution is 2.38. The SMILES string of the molecule is COC(=O)c1cc(-n2nnc(-c3cc(O)c(O)c([N+](=O)[O-])c3)n2)ccc1F. The lowest BCUT2D eigenvalue weighted by Gasteiger charge is -2.04. The molecule has 2 aromatic carbocycles. The fraction of sp³-hybridized carbons (Fsp3) is 0.0667. The van der Waals surface area contributed by atoms with Crippen LogP contribution in [-0.4, -0.2) is 48.4 Å².